The minimum atomic E-state index is -0.682. The van der Waals surface area contributed by atoms with E-state index in [1.807, 2.05) is 37.3 Å². The van der Waals surface area contributed by atoms with Crippen molar-refractivity contribution in [1.82, 2.24) is 0 Å². The minimum Gasteiger partial charge on any atom is -0.494 e. The number of rotatable bonds is 8. The number of carbonyl (C=O) groups excluding carboxylic acids is 2. The van der Waals surface area contributed by atoms with Crippen molar-refractivity contribution in [2.45, 2.75) is 31.9 Å². The molecule has 2 atom stereocenters. The predicted molar refractivity (Wildman–Crippen MR) is 101 cm³/mol. The second kappa shape index (κ2) is 8.79. The van der Waals surface area contributed by atoms with E-state index in [0.29, 0.717) is 24.6 Å². The molecule has 27 heavy (non-hydrogen) atoms. The van der Waals surface area contributed by atoms with Crippen molar-refractivity contribution in [3.05, 3.63) is 60.2 Å². The lowest BCUT2D eigenvalue weighted by Gasteiger charge is -2.16. The molecule has 2 amide bonds. The van der Waals surface area contributed by atoms with Gasteiger partial charge in [0.05, 0.1) is 18.7 Å². The van der Waals surface area contributed by atoms with Gasteiger partial charge in [0.25, 0.3) is 5.91 Å². The normalized spacial score (nSPS) is 18.0. The van der Waals surface area contributed by atoms with E-state index in [2.05, 4.69) is 0 Å². The number of anilines is 1. The van der Waals surface area contributed by atoms with E-state index in [1.54, 1.807) is 29.6 Å². The van der Waals surface area contributed by atoms with Crippen LogP contribution in [0.5, 0.6) is 5.75 Å². The molecule has 2 aromatic rings. The number of hydrogen-bond acceptors (Lipinski definition) is 4. The first kappa shape index (κ1) is 19.1. The van der Waals surface area contributed by atoms with Crippen LogP contribution in [0.15, 0.2) is 54.6 Å². The molecule has 2 aromatic carbocycles. The van der Waals surface area contributed by atoms with Crippen LogP contribution in [-0.4, -0.2) is 36.1 Å². The largest absolute Gasteiger partial charge is 0.494 e. The SMILES string of the molecule is CCCOc1ccc(N2C(=O)C[C@H]([NH2+]C[C@H](O)c3ccccc3)C2=O)cc1. The van der Waals surface area contributed by atoms with Gasteiger partial charge in [-0.25, -0.2) is 4.90 Å². The van der Waals surface area contributed by atoms with Crippen LogP contribution in [0.1, 0.15) is 31.4 Å². The highest BCUT2D eigenvalue weighted by Gasteiger charge is 2.42. The van der Waals surface area contributed by atoms with Crippen LogP contribution < -0.4 is 15.0 Å². The first-order valence-corrected chi connectivity index (χ1v) is 9.26. The second-order valence-corrected chi connectivity index (χ2v) is 6.62. The summed E-state index contributed by atoms with van der Waals surface area (Å²) in [5.74, 6) is 0.244. The number of amides is 2. The van der Waals surface area contributed by atoms with Gasteiger partial charge in [-0.15, -0.1) is 0 Å². The molecule has 0 radical (unpaired) electrons. The molecular formula is C21H25N2O4+. The first-order valence-electron chi connectivity index (χ1n) is 9.26. The molecule has 3 rings (SSSR count). The zero-order valence-corrected chi connectivity index (χ0v) is 15.4. The Bertz CT molecular complexity index is 777. The van der Waals surface area contributed by atoms with Crippen LogP contribution in [0.2, 0.25) is 0 Å². The fraction of sp³-hybridized carbons (Fsp3) is 0.333. The molecule has 0 aromatic heterocycles. The highest BCUT2D eigenvalue weighted by atomic mass is 16.5. The van der Waals surface area contributed by atoms with Gasteiger partial charge in [-0.05, 0) is 36.2 Å². The Kier molecular flexibility index (Phi) is 6.21. The Morgan fingerprint density at radius 2 is 1.85 bits per heavy atom. The number of benzene rings is 2. The maximum atomic E-state index is 12.7. The van der Waals surface area contributed by atoms with E-state index < -0.39 is 12.1 Å². The Labute approximate surface area is 158 Å². The Balaban J connectivity index is 1.61. The minimum absolute atomic E-state index is 0.133. The van der Waals surface area contributed by atoms with Crippen LogP contribution in [0.4, 0.5) is 5.69 Å². The predicted octanol–water partition coefficient (Wildman–Crippen LogP) is 1.40. The number of ether oxygens (including phenoxy) is 1. The van der Waals surface area contributed by atoms with E-state index in [1.165, 1.54) is 4.90 Å². The fourth-order valence-corrected chi connectivity index (χ4v) is 3.13. The Hall–Kier alpha value is -2.70. The molecule has 3 N–H and O–H groups in total. The smallest absolute Gasteiger partial charge is 0.292 e. The summed E-state index contributed by atoms with van der Waals surface area (Å²) >= 11 is 0. The van der Waals surface area contributed by atoms with Crippen molar-refractivity contribution in [1.29, 1.82) is 0 Å². The molecule has 0 spiro atoms. The zero-order chi connectivity index (χ0) is 19.2. The molecule has 1 saturated heterocycles. The standard InChI is InChI=1S/C21H24N2O4/c1-2-12-27-17-10-8-16(9-11-17)23-20(25)13-18(21(23)26)22-14-19(24)15-6-4-3-5-7-15/h3-11,18-19,22,24H,2,12-14H2,1H3/p+1/t18-,19-/m0/s1. The number of aliphatic hydroxyl groups is 1. The third-order valence-corrected chi connectivity index (χ3v) is 4.58. The van der Waals surface area contributed by atoms with Crippen LogP contribution >= 0.6 is 0 Å². The molecular weight excluding hydrogens is 344 g/mol. The average molecular weight is 369 g/mol. The molecule has 1 aliphatic rings. The van der Waals surface area contributed by atoms with Gasteiger partial charge in [0, 0.05) is 0 Å². The average Bonchev–Trinajstić information content (AvgIpc) is 2.99. The molecule has 0 saturated carbocycles. The summed E-state index contributed by atoms with van der Waals surface area (Å²) in [5, 5.41) is 12.0. The van der Waals surface area contributed by atoms with Crippen LogP contribution in [-0.2, 0) is 9.59 Å². The number of carbonyl (C=O) groups is 2. The number of imide groups is 1. The van der Waals surface area contributed by atoms with Crippen LogP contribution in [0.3, 0.4) is 0 Å². The second-order valence-electron chi connectivity index (χ2n) is 6.62. The van der Waals surface area contributed by atoms with E-state index in [-0.39, 0.29) is 18.2 Å². The van der Waals surface area contributed by atoms with E-state index in [9.17, 15) is 14.7 Å². The van der Waals surface area contributed by atoms with Gasteiger partial charge in [0.15, 0.2) is 6.04 Å². The zero-order valence-electron chi connectivity index (χ0n) is 15.4. The van der Waals surface area contributed by atoms with E-state index >= 15 is 0 Å². The summed E-state index contributed by atoms with van der Waals surface area (Å²) in [6.07, 6.45) is 0.365. The van der Waals surface area contributed by atoms with Gasteiger partial charge in [-0.2, -0.15) is 0 Å². The molecule has 1 heterocycles. The lowest BCUT2D eigenvalue weighted by atomic mass is 10.1. The van der Waals surface area contributed by atoms with Crippen molar-refractivity contribution in [3.63, 3.8) is 0 Å². The highest BCUT2D eigenvalue weighted by molar-refractivity contribution is 6.21. The van der Waals surface area contributed by atoms with Gasteiger partial charge in [0.1, 0.15) is 18.4 Å². The van der Waals surface area contributed by atoms with Crippen molar-refractivity contribution < 1.29 is 24.7 Å². The van der Waals surface area contributed by atoms with Crippen molar-refractivity contribution in [3.8, 4) is 5.75 Å². The first-order chi connectivity index (χ1) is 13.1. The number of hydrogen-bond donors (Lipinski definition) is 2. The molecule has 142 valence electrons. The summed E-state index contributed by atoms with van der Waals surface area (Å²) in [6.45, 7) is 2.98. The number of quaternary nitrogens is 1. The van der Waals surface area contributed by atoms with Gasteiger partial charge in [-0.3, -0.25) is 9.59 Å². The Morgan fingerprint density at radius 1 is 1.15 bits per heavy atom. The Morgan fingerprint density at radius 3 is 2.52 bits per heavy atom. The van der Waals surface area contributed by atoms with E-state index in [0.717, 1.165) is 12.0 Å². The summed E-state index contributed by atoms with van der Waals surface area (Å²) < 4.78 is 5.53. The molecule has 1 aliphatic heterocycles. The topological polar surface area (TPSA) is 83.4 Å². The monoisotopic (exact) mass is 369 g/mol. The third-order valence-electron chi connectivity index (χ3n) is 4.58. The molecule has 0 bridgehead atoms. The van der Waals surface area contributed by atoms with Gasteiger partial charge < -0.3 is 15.2 Å². The summed E-state index contributed by atoms with van der Waals surface area (Å²) in [6, 6.07) is 15.8. The van der Waals surface area contributed by atoms with Crippen LogP contribution in [0, 0.1) is 0 Å². The maximum absolute atomic E-state index is 12.7. The number of nitrogens with zero attached hydrogens (tertiary/aromatic N) is 1. The van der Waals surface area contributed by atoms with Gasteiger partial charge in [-0.1, -0.05) is 37.3 Å². The van der Waals surface area contributed by atoms with E-state index in [4.69, 9.17) is 4.74 Å². The van der Waals surface area contributed by atoms with Crippen molar-refractivity contribution in [2.75, 3.05) is 18.1 Å². The number of aliphatic hydroxyl groups excluding tert-OH is 1. The summed E-state index contributed by atoms with van der Waals surface area (Å²) in [7, 11) is 0. The van der Waals surface area contributed by atoms with Gasteiger partial charge >= 0.3 is 0 Å². The van der Waals surface area contributed by atoms with Crippen molar-refractivity contribution in [2.24, 2.45) is 0 Å². The molecule has 6 heteroatoms. The highest BCUT2D eigenvalue weighted by Crippen LogP contribution is 2.24. The van der Waals surface area contributed by atoms with Gasteiger partial charge in [0.2, 0.25) is 5.91 Å². The maximum Gasteiger partial charge on any atom is 0.292 e. The lowest BCUT2D eigenvalue weighted by molar-refractivity contribution is -0.681. The third kappa shape index (κ3) is 4.53. The summed E-state index contributed by atoms with van der Waals surface area (Å²) in [5.41, 5.74) is 1.35. The molecule has 0 unspecified atom stereocenters. The number of nitrogens with two attached hydrogens (primary N) is 1. The molecule has 6 nitrogen and oxygen atoms in total. The van der Waals surface area contributed by atoms with Crippen molar-refractivity contribution >= 4 is 17.5 Å². The lowest BCUT2D eigenvalue weighted by Crippen LogP contribution is -2.92. The fourth-order valence-electron chi connectivity index (χ4n) is 3.13. The quantitative estimate of drug-likeness (QED) is 0.689. The summed E-state index contributed by atoms with van der Waals surface area (Å²) in [4.78, 5) is 26.3. The van der Waals surface area contributed by atoms with Crippen LogP contribution in [0.25, 0.3) is 0 Å². The molecule has 0 aliphatic carbocycles. The molecule has 1 fully saturated rings.